The molecule has 0 amide bonds. The smallest absolute Gasteiger partial charge is 0.387 e. The van der Waals surface area contributed by atoms with Gasteiger partial charge in [0.05, 0.1) is 22.8 Å². The Kier molecular flexibility index (Phi) is 4.86. The van der Waals surface area contributed by atoms with E-state index in [1.54, 1.807) is 13.0 Å². The zero-order chi connectivity index (χ0) is 13.7. The highest BCUT2D eigenvalue weighted by molar-refractivity contribution is 6.34. The number of hydrogen-bond donors (Lipinski definition) is 0. The molecule has 4 nitrogen and oxygen atoms in total. The number of rotatable bonds is 4. The van der Waals surface area contributed by atoms with Crippen LogP contribution in [0.4, 0.5) is 8.78 Å². The Labute approximate surface area is 107 Å². The van der Waals surface area contributed by atoms with Crippen LogP contribution in [0.2, 0.25) is 5.02 Å². The first kappa shape index (κ1) is 14.2. The quantitative estimate of drug-likeness (QED) is 0.793. The molecule has 0 aliphatic rings. The van der Waals surface area contributed by atoms with Gasteiger partial charge in [-0.25, -0.2) is 4.79 Å². The van der Waals surface area contributed by atoms with Crippen molar-refractivity contribution in [3.63, 3.8) is 0 Å². The first-order valence-electron chi connectivity index (χ1n) is 4.85. The second kappa shape index (κ2) is 6.17. The van der Waals surface area contributed by atoms with Gasteiger partial charge in [-0.3, -0.25) is 0 Å². The molecule has 0 atom stereocenters. The number of nitrogens with zero attached hydrogens (tertiary/aromatic N) is 1. The largest absolute Gasteiger partial charge is 0.462 e. The van der Waals surface area contributed by atoms with Crippen LogP contribution in [0.1, 0.15) is 22.8 Å². The lowest BCUT2D eigenvalue weighted by Gasteiger charge is -2.09. The lowest BCUT2D eigenvalue weighted by Crippen LogP contribution is -2.08. The zero-order valence-electron chi connectivity index (χ0n) is 9.25. The van der Waals surface area contributed by atoms with E-state index in [4.69, 9.17) is 21.6 Å². The normalized spacial score (nSPS) is 10.0. The molecular formula is C11H8ClF2NO3. The highest BCUT2D eigenvalue weighted by Gasteiger charge is 2.18. The van der Waals surface area contributed by atoms with Crippen molar-refractivity contribution in [3.05, 3.63) is 28.3 Å². The molecule has 0 saturated heterocycles. The molecule has 0 heterocycles. The summed E-state index contributed by atoms with van der Waals surface area (Å²) in [5.74, 6) is -1.13. The van der Waals surface area contributed by atoms with Gasteiger partial charge in [-0.1, -0.05) is 11.6 Å². The Hall–Kier alpha value is -1.87. The molecule has 0 unspecified atom stereocenters. The van der Waals surface area contributed by atoms with Gasteiger partial charge in [0, 0.05) is 0 Å². The maximum absolute atomic E-state index is 12.1. The van der Waals surface area contributed by atoms with Crippen molar-refractivity contribution in [2.45, 2.75) is 13.5 Å². The fourth-order valence-corrected chi connectivity index (χ4v) is 1.44. The van der Waals surface area contributed by atoms with Crippen LogP contribution >= 0.6 is 11.6 Å². The van der Waals surface area contributed by atoms with Crippen LogP contribution < -0.4 is 4.74 Å². The molecule has 0 aliphatic carbocycles. The maximum Gasteiger partial charge on any atom is 0.387 e. The molecule has 0 saturated carbocycles. The third kappa shape index (κ3) is 3.31. The number of nitriles is 1. The van der Waals surface area contributed by atoms with Crippen molar-refractivity contribution >= 4 is 17.6 Å². The van der Waals surface area contributed by atoms with Crippen molar-refractivity contribution in [1.82, 2.24) is 0 Å². The van der Waals surface area contributed by atoms with Crippen molar-refractivity contribution in [2.75, 3.05) is 6.61 Å². The first-order chi connectivity index (χ1) is 8.49. The van der Waals surface area contributed by atoms with Crippen LogP contribution in [-0.2, 0) is 4.74 Å². The minimum absolute atomic E-state index is 0.0942. The number of ether oxygens (including phenoxy) is 2. The standard InChI is InChI=1S/C11H8ClF2NO3/c1-2-17-10(16)8-4-7(18-11(13)14)3-6(5-15)9(8)12/h3-4,11H,2H2,1H3. The Balaban J connectivity index is 3.23. The van der Waals surface area contributed by atoms with Crippen LogP contribution in [0.5, 0.6) is 5.75 Å². The SMILES string of the molecule is CCOC(=O)c1cc(OC(F)F)cc(C#N)c1Cl. The molecular weight excluding hydrogens is 268 g/mol. The zero-order valence-corrected chi connectivity index (χ0v) is 10.0. The third-order valence-electron chi connectivity index (χ3n) is 1.89. The second-order valence-corrected chi connectivity index (χ2v) is 3.42. The number of halogens is 3. The number of esters is 1. The molecule has 0 N–H and O–H groups in total. The lowest BCUT2D eigenvalue weighted by molar-refractivity contribution is -0.0499. The molecule has 0 radical (unpaired) electrons. The van der Waals surface area contributed by atoms with Gasteiger partial charge in [0.15, 0.2) is 0 Å². The topological polar surface area (TPSA) is 59.3 Å². The van der Waals surface area contributed by atoms with Gasteiger partial charge in [0.25, 0.3) is 0 Å². The van der Waals surface area contributed by atoms with E-state index in [-0.39, 0.29) is 28.5 Å². The summed E-state index contributed by atoms with van der Waals surface area (Å²) in [5, 5.41) is 8.63. The van der Waals surface area contributed by atoms with E-state index in [2.05, 4.69) is 4.74 Å². The van der Waals surface area contributed by atoms with E-state index in [9.17, 15) is 13.6 Å². The second-order valence-electron chi connectivity index (χ2n) is 3.04. The average molecular weight is 276 g/mol. The number of benzene rings is 1. The highest BCUT2D eigenvalue weighted by atomic mass is 35.5. The van der Waals surface area contributed by atoms with E-state index in [0.717, 1.165) is 12.1 Å². The Morgan fingerprint density at radius 3 is 2.72 bits per heavy atom. The summed E-state index contributed by atoms with van der Waals surface area (Å²) in [5.41, 5.74) is -0.328. The minimum Gasteiger partial charge on any atom is -0.462 e. The van der Waals surface area contributed by atoms with Gasteiger partial charge in [-0.15, -0.1) is 0 Å². The number of carbonyl (C=O) groups excluding carboxylic acids is 1. The van der Waals surface area contributed by atoms with Gasteiger partial charge in [-0.05, 0) is 19.1 Å². The number of hydrogen-bond acceptors (Lipinski definition) is 4. The molecule has 1 aromatic rings. The molecule has 96 valence electrons. The summed E-state index contributed by atoms with van der Waals surface area (Å²) in [6.07, 6.45) is 0. The predicted molar refractivity (Wildman–Crippen MR) is 58.8 cm³/mol. The predicted octanol–water partition coefficient (Wildman–Crippen LogP) is 2.99. The van der Waals surface area contributed by atoms with E-state index < -0.39 is 12.6 Å². The van der Waals surface area contributed by atoms with Crippen LogP contribution in [0.3, 0.4) is 0 Å². The van der Waals surface area contributed by atoms with Gasteiger partial charge in [0.2, 0.25) is 0 Å². The maximum atomic E-state index is 12.1. The van der Waals surface area contributed by atoms with Gasteiger partial charge < -0.3 is 9.47 Å². The molecule has 0 aliphatic heterocycles. The van der Waals surface area contributed by atoms with Gasteiger partial charge in [-0.2, -0.15) is 14.0 Å². The summed E-state index contributed by atoms with van der Waals surface area (Å²) in [6.45, 7) is -1.39. The third-order valence-corrected chi connectivity index (χ3v) is 2.29. The van der Waals surface area contributed by atoms with E-state index >= 15 is 0 Å². The van der Waals surface area contributed by atoms with Crippen LogP contribution in [0.15, 0.2) is 12.1 Å². The van der Waals surface area contributed by atoms with Crippen molar-refractivity contribution in [3.8, 4) is 11.8 Å². The molecule has 0 spiro atoms. The van der Waals surface area contributed by atoms with E-state index in [0.29, 0.717) is 0 Å². The molecule has 0 bridgehead atoms. The fourth-order valence-electron chi connectivity index (χ4n) is 1.21. The fraction of sp³-hybridized carbons (Fsp3) is 0.273. The van der Waals surface area contributed by atoms with Crippen LogP contribution in [0.25, 0.3) is 0 Å². The monoisotopic (exact) mass is 275 g/mol. The molecule has 1 aromatic carbocycles. The molecule has 18 heavy (non-hydrogen) atoms. The first-order valence-corrected chi connectivity index (χ1v) is 5.23. The summed E-state index contributed by atoms with van der Waals surface area (Å²) in [6, 6.07) is 3.71. The summed E-state index contributed by atoms with van der Waals surface area (Å²) in [4.78, 5) is 11.5. The Morgan fingerprint density at radius 1 is 1.56 bits per heavy atom. The molecule has 7 heteroatoms. The molecule has 1 rings (SSSR count). The summed E-state index contributed by atoms with van der Waals surface area (Å²) < 4.78 is 33.0. The molecule has 0 aromatic heterocycles. The molecule has 0 fully saturated rings. The Bertz CT molecular complexity index is 500. The summed E-state index contributed by atoms with van der Waals surface area (Å²) >= 11 is 5.78. The lowest BCUT2D eigenvalue weighted by atomic mass is 10.1. The van der Waals surface area contributed by atoms with Crippen molar-refractivity contribution < 1.29 is 23.0 Å². The number of alkyl halides is 2. The van der Waals surface area contributed by atoms with Gasteiger partial charge >= 0.3 is 12.6 Å². The van der Waals surface area contributed by atoms with E-state index in [1.165, 1.54) is 0 Å². The number of carbonyl (C=O) groups is 1. The van der Waals surface area contributed by atoms with Crippen molar-refractivity contribution in [2.24, 2.45) is 0 Å². The van der Waals surface area contributed by atoms with Crippen LogP contribution in [-0.4, -0.2) is 19.2 Å². The van der Waals surface area contributed by atoms with Gasteiger partial charge in [0.1, 0.15) is 11.8 Å². The van der Waals surface area contributed by atoms with Crippen LogP contribution in [0, 0.1) is 11.3 Å². The average Bonchev–Trinajstić information content (AvgIpc) is 2.30. The Morgan fingerprint density at radius 2 is 2.22 bits per heavy atom. The minimum atomic E-state index is -3.06. The van der Waals surface area contributed by atoms with Crippen molar-refractivity contribution in [1.29, 1.82) is 5.26 Å². The highest BCUT2D eigenvalue weighted by Crippen LogP contribution is 2.28. The van der Waals surface area contributed by atoms with E-state index in [1.807, 2.05) is 0 Å². The summed E-state index contributed by atoms with van der Waals surface area (Å²) in [7, 11) is 0.